The van der Waals surface area contributed by atoms with Crippen molar-refractivity contribution in [3.63, 3.8) is 0 Å². The summed E-state index contributed by atoms with van der Waals surface area (Å²) in [4.78, 5) is 26.6. The molecule has 0 saturated carbocycles. The van der Waals surface area contributed by atoms with Crippen molar-refractivity contribution in [2.24, 2.45) is 0 Å². The van der Waals surface area contributed by atoms with Crippen LogP contribution in [-0.4, -0.2) is 5.91 Å². The van der Waals surface area contributed by atoms with Crippen LogP contribution in [0.25, 0.3) is 22.1 Å². The Labute approximate surface area is 210 Å². The molecule has 0 radical (unpaired) electrons. The summed E-state index contributed by atoms with van der Waals surface area (Å²) in [5.74, 6) is 0.210. The lowest BCUT2D eigenvalue weighted by molar-refractivity contribution is -0.115. The normalized spacial score (nSPS) is 11.4. The fourth-order valence-electron chi connectivity index (χ4n) is 4.57. The fourth-order valence-corrected chi connectivity index (χ4v) is 4.75. The lowest BCUT2D eigenvalue weighted by atomic mass is 9.91. The zero-order valence-corrected chi connectivity index (χ0v) is 21.5. The molecule has 0 aliphatic rings. The molecule has 4 aromatic rings. The molecule has 0 aliphatic carbocycles. The highest BCUT2D eigenvalue weighted by Crippen LogP contribution is 2.35. The summed E-state index contributed by atoms with van der Waals surface area (Å²) in [5, 5.41) is 4.36. The topological polar surface area (TPSA) is 59.3 Å². The van der Waals surface area contributed by atoms with E-state index in [4.69, 9.17) is 16.0 Å². The van der Waals surface area contributed by atoms with Crippen LogP contribution in [0.3, 0.4) is 0 Å². The first-order valence-corrected chi connectivity index (χ1v) is 12.3. The molecule has 4 nitrogen and oxygen atoms in total. The highest BCUT2D eigenvalue weighted by atomic mass is 35.5. The van der Waals surface area contributed by atoms with Crippen LogP contribution in [0.2, 0.25) is 5.02 Å². The fraction of sp³-hybridized carbons (Fsp3) is 0.267. The number of fused-ring (bicyclic) bond motifs is 1. The monoisotopic (exact) mass is 487 g/mol. The molecule has 0 spiro atoms. The lowest BCUT2D eigenvalue weighted by Crippen LogP contribution is -2.22. The molecule has 180 valence electrons. The van der Waals surface area contributed by atoms with Crippen LogP contribution in [-0.2, 0) is 11.2 Å². The lowest BCUT2D eigenvalue weighted by Gasteiger charge is -2.20. The summed E-state index contributed by atoms with van der Waals surface area (Å²) in [6.45, 7) is 10.4. The molecular formula is C30H30ClNO3. The van der Waals surface area contributed by atoms with Crippen LogP contribution >= 0.6 is 11.6 Å². The van der Waals surface area contributed by atoms with Crippen molar-refractivity contribution in [3.05, 3.63) is 98.4 Å². The predicted octanol–water partition coefficient (Wildman–Crippen LogP) is 7.85. The first kappa shape index (κ1) is 24.7. The molecule has 0 bridgehead atoms. The van der Waals surface area contributed by atoms with Gasteiger partial charge in [0.25, 0.3) is 0 Å². The third-order valence-electron chi connectivity index (χ3n) is 6.35. The van der Waals surface area contributed by atoms with Gasteiger partial charge in [0, 0.05) is 21.7 Å². The van der Waals surface area contributed by atoms with E-state index in [1.807, 2.05) is 49.4 Å². The predicted molar refractivity (Wildman–Crippen MR) is 145 cm³/mol. The smallest absolute Gasteiger partial charge is 0.340 e. The van der Waals surface area contributed by atoms with Gasteiger partial charge in [-0.25, -0.2) is 4.79 Å². The van der Waals surface area contributed by atoms with E-state index in [0.29, 0.717) is 27.1 Å². The van der Waals surface area contributed by atoms with Crippen molar-refractivity contribution in [3.8, 4) is 11.1 Å². The van der Waals surface area contributed by atoms with Crippen LogP contribution in [0.1, 0.15) is 61.8 Å². The van der Waals surface area contributed by atoms with E-state index in [1.165, 1.54) is 0 Å². The SMILES string of the molecule is Cc1ccccc1-c1c(CC(=O)Nc2c(C(C)C)cccc2C(C)C)c(=O)oc2ccc(Cl)cc12. The Morgan fingerprint density at radius 3 is 2.23 bits per heavy atom. The summed E-state index contributed by atoms with van der Waals surface area (Å²) in [5.41, 5.74) is 5.76. The van der Waals surface area contributed by atoms with Crippen molar-refractivity contribution in [1.82, 2.24) is 0 Å². The highest BCUT2D eigenvalue weighted by Gasteiger charge is 2.22. The first-order valence-electron chi connectivity index (χ1n) is 11.9. The third kappa shape index (κ3) is 5.03. The van der Waals surface area contributed by atoms with Crippen LogP contribution in [0.5, 0.6) is 0 Å². The second-order valence-electron chi connectivity index (χ2n) is 9.54. The number of benzene rings is 3. The minimum absolute atomic E-state index is 0.113. The van der Waals surface area contributed by atoms with Crippen molar-refractivity contribution in [1.29, 1.82) is 0 Å². The minimum Gasteiger partial charge on any atom is -0.422 e. The number of anilines is 1. The van der Waals surface area contributed by atoms with E-state index < -0.39 is 5.63 Å². The van der Waals surface area contributed by atoms with Gasteiger partial charge in [0.2, 0.25) is 5.91 Å². The number of amides is 1. The Morgan fingerprint density at radius 1 is 0.943 bits per heavy atom. The molecule has 4 rings (SSSR count). The number of halogens is 1. The largest absolute Gasteiger partial charge is 0.422 e. The van der Waals surface area contributed by atoms with Crippen molar-refractivity contribution < 1.29 is 9.21 Å². The Morgan fingerprint density at radius 2 is 1.60 bits per heavy atom. The first-order chi connectivity index (χ1) is 16.7. The molecule has 1 amide bonds. The maximum atomic E-state index is 13.4. The van der Waals surface area contributed by atoms with Crippen LogP contribution in [0.4, 0.5) is 5.69 Å². The zero-order valence-electron chi connectivity index (χ0n) is 20.7. The Balaban J connectivity index is 1.85. The van der Waals surface area contributed by atoms with E-state index in [0.717, 1.165) is 27.9 Å². The number of nitrogens with one attached hydrogen (secondary N) is 1. The molecule has 1 heterocycles. The van der Waals surface area contributed by atoms with Crippen molar-refractivity contribution >= 4 is 34.2 Å². The van der Waals surface area contributed by atoms with E-state index in [-0.39, 0.29) is 24.2 Å². The average molecular weight is 488 g/mol. The summed E-state index contributed by atoms with van der Waals surface area (Å²) in [7, 11) is 0. The van der Waals surface area contributed by atoms with E-state index in [9.17, 15) is 9.59 Å². The van der Waals surface area contributed by atoms with Crippen molar-refractivity contribution in [2.75, 3.05) is 5.32 Å². The third-order valence-corrected chi connectivity index (χ3v) is 6.59. The van der Waals surface area contributed by atoms with Gasteiger partial charge in [0.1, 0.15) is 5.58 Å². The molecule has 0 atom stereocenters. The number of carbonyl (C=O) groups is 1. The maximum absolute atomic E-state index is 13.4. The molecular weight excluding hydrogens is 458 g/mol. The van der Waals surface area contributed by atoms with E-state index in [1.54, 1.807) is 18.2 Å². The van der Waals surface area contributed by atoms with Gasteiger partial charge in [-0.05, 0) is 59.2 Å². The highest BCUT2D eigenvalue weighted by molar-refractivity contribution is 6.31. The Kier molecular flexibility index (Phi) is 7.13. The number of para-hydroxylation sites is 1. The molecule has 5 heteroatoms. The van der Waals surface area contributed by atoms with Gasteiger partial charge in [0.05, 0.1) is 12.0 Å². The second kappa shape index (κ2) is 10.1. The minimum atomic E-state index is -0.519. The molecule has 3 aromatic carbocycles. The molecule has 35 heavy (non-hydrogen) atoms. The molecule has 0 aliphatic heterocycles. The molecule has 0 saturated heterocycles. The molecule has 1 aromatic heterocycles. The van der Waals surface area contributed by atoms with Gasteiger partial charge >= 0.3 is 5.63 Å². The van der Waals surface area contributed by atoms with Gasteiger partial charge in [-0.2, -0.15) is 0 Å². The second-order valence-corrected chi connectivity index (χ2v) is 9.98. The summed E-state index contributed by atoms with van der Waals surface area (Å²) in [6.07, 6.45) is -0.113. The maximum Gasteiger partial charge on any atom is 0.340 e. The summed E-state index contributed by atoms with van der Waals surface area (Å²) in [6, 6.07) is 19.1. The van der Waals surface area contributed by atoms with Gasteiger partial charge < -0.3 is 9.73 Å². The number of carbonyl (C=O) groups excluding carboxylic acids is 1. The van der Waals surface area contributed by atoms with E-state index in [2.05, 4.69) is 33.0 Å². The number of hydrogen-bond donors (Lipinski definition) is 1. The molecule has 0 fully saturated rings. The zero-order chi connectivity index (χ0) is 25.3. The number of rotatable bonds is 6. The van der Waals surface area contributed by atoms with Crippen LogP contribution in [0.15, 0.2) is 69.9 Å². The van der Waals surface area contributed by atoms with E-state index >= 15 is 0 Å². The average Bonchev–Trinajstić information content (AvgIpc) is 2.80. The molecule has 1 N–H and O–H groups in total. The Bertz CT molecular complexity index is 1440. The summed E-state index contributed by atoms with van der Waals surface area (Å²) >= 11 is 6.32. The van der Waals surface area contributed by atoms with Gasteiger partial charge in [-0.3, -0.25) is 4.79 Å². The van der Waals surface area contributed by atoms with Crippen molar-refractivity contribution in [2.45, 2.75) is 52.9 Å². The van der Waals surface area contributed by atoms with Gasteiger partial charge in [-0.1, -0.05) is 81.8 Å². The van der Waals surface area contributed by atoms with Gasteiger partial charge in [0.15, 0.2) is 0 Å². The molecule has 0 unspecified atom stereocenters. The van der Waals surface area contributed by atoms with Crippen LogP contribution < -0.4 is 10.9 Å². The van der Waals surface area contributed by atoms with Crippen LogP contribution in [0, 0.1) is 6.92 Å². The Hall–Kier alpha value is -3.37. The quantitative estimate of drug-likeness (QED) is 0.282. The number of aryl methyl sites for hydroxylation is 1. The summed E-state index contributed by atoms with van der Waals surface area (Å²) < 4.78 is 5.63. The van der Waals surface area contributed by atoms with Gasteiger partial charge in [-0.15, -0.1) is 0 Å². The standard InChI is InChI=1S/C30H30ClNO3/c1-17(2)21-11-8-12-22(18(3)4)29(21)32-27(33)16-25-28(23-10-7-6-9-19(23)5)24-15-20(31)13-14-26(24)35-30(25)34/h6-15,17-18H,16H2,1-5H3,(H,32,33). The number of hydrogen-bond acceptors (Lipinski definition) is 3.